The largest absolute Gasteiger partial charge is 0.395 e. The third-order valence-electron chi connectivity index (χ3n) is 3.68. The van der Waals surface area contributed by atoms with Gasteiger partial charge in [-0.25, -0.2) is 0 Å². The van der Waals surface area contributed by atoms with Crippen LogP contribution in [0.15, 0.2) is 0 Å². The van der Waals surface area contributed by atoms with Crippen molar-refractivity contribution in [2.45, 2.75) is 50.8 Å². The summed E-state index contributed by atoms with van der Waals surface area (Å²) in [6.07, 6.45) is 5.29. The molecule has 1 aliphatic heterocycles. The smallest absolute Gasteiger partial charge is 0.0599 e. The molecule has 0 aromatic carbocycles. The topological polar surface area (TPSA) is 44.7 Å². The van der Waals surface area contributed by atoms with E-state index in [0.717, 1.165) is 39.1 Å². The second kappa shape index (κ2) is 6.69. The maximum atomic E-state index is 9.36. The number of rotatable bonds is 7. The van der Waals surface area contributed by atoms with Crippen LogP contribution >= 0.6 is 0 Å². The molecule has 1 atom stereocenters. The van der Waals surface area contributed by atoms with Gasteiger partial charge in [0.05, 0.1) is 12.7 Å². The highest BCUT2D eigenvalue weighted by molar-refractivity contribution is 4.86. The van der Waals surface area contributed by atoms with Crippen LogP contribution in [0, 0.1) is 0 Å². The lowest BCUT2D eigenvalue weighted by atomic mass is 10.1. The minimum atomic E-state index is 0.252. The van der Waals surface area contributed by atoms with E-state index >= 15 is 0 Å². The fourth-order valence-electron chi connectivity index (χ4n) is 2.55. The summed E-state index contributed by atoms with van der Waals surface area (Å²) in [6, 6.07) is 0.930. The minimum absolute atomic E-state index is 0.252. The Morgan fingerprint density at radius 2 is 2.00 bits per heavy atom. The first-order valence-corrected chi connectivity index (χ1v) is 7.02. The van der Waals surface area contributed by atoms with Gasteiger partial charge in [0.15, 0.2) is 0 Å². The molecule has 100 valence electrons. The summed E-state index contributed by atoms with van der Waals surface area (Å²) in [5.41, 5.74) is 0. The Balaban J connectivity index is 1.65. The van der Waals surface area contributed by atoms with E-state index < -0.39 is 0 Å². The second-order valence-electron chi connectivity index (χ2n) is 5.28. The van der Waals surface area contributed by atoms with Crippen LogP contribution in [0.3, 0.4) is 0 Å². The van der Waals surface area contributed by atoms with Gasteiger partial charge in [0, 0.05) is 38.3 Å². The predicted molar refractivity (Wildman–Crippen MR) is 68.1 cm³/mol. The molecule has 1 aliphatic carbocycles. The Bertz CT molecular complexity index is 213. The molecule has 0 radical (unpaired) electrons. The van der Waals surface area contributed by atoms with E-state index in [1.165, 1.54) is 12.8 Å². The Kier molecular flexibility index (Phi) is 5.22. The number of likely N-dealkylation sites (tertiary alicyclic amines) is 1. The Morgan fingerprint density at radius 1 is 1.29 bits per heavy atom. The van der Waals surface area contributed by atoms with Gasteiger partial charge < -0.3 is 20.1 Å². The predicted octanol–water partition coefficient (Wildman–Crippen LogP) is 0.600. The first-order valence-electron chi connectivity index (χ1n) is 7.02. The van der Waals surface area contributed by atoms with Crippen molar-refractivity contribution in [3.05, 3.63) is 0 Å². The number of nitrogens with zero attached hydrogens (tertiary/aromatic N) is 1. The van der Waals surface area contributed by atoms with Crippen LogP contribution < -0.4 is 5.32 Å². The van der Waals surface area contributed by atoms with E-state index in [9.17, 15) is 5.11 Å². The van der Waals surface area contributed by atoms with Crippen molar-refractivity contribution in [3.63, 3.8) is 0 Å². The van der Waals surface area contributed by atoms with E-state index in [2.05, 4.69) is 17.1 Å². The molecule has 0 amide bonds. The van der Waals surface area contributed by atoms with Crippen molar-refractivity contribution < 1.29 is 9.84 Å². The molecule has 17 heavy (non-hydrogen) atoms. The second-order valence-corrected chi connectivity index (χ2v) is 5.28. The molecule has 2 rings (SSSR count). The number of aliphatic hydroxyl groups excluding tert-OH is 1. The molecular formula is C13H26N2O2. The van der Waals surface area contributed by atoms with Gasteiger partial charge in [-0.2, -0.15) is 0 Å². The van der Waals surface area contributed by atoms with Gasteiger partial charge in [-0.15, -0.1) is 0 Å². The van der Waals surface area contributed by atoms with E-state index in [1.807, 2.05) is 0 Å². The standard InChI is InChI=1S/C13H26N2O2/c1-2-17-13-5-7-15(8-6-13)9-12(10-16)14-11-3-4-11/h11-14,16H,2-10H2,1H3. The third kappa shape index (κ3) is 4.54. The molecule has 1 saturated heterocycles. The first kappa shape index (κ1) is 13.3. The molecule has 1 saturated carbocycles. The number of nitrogens with one attached hydrogen (secondary N) is 1. The molecule has 4 nitrogen and oxygen atoms in total. The highest BCUT2D eigenvalue weighted by Gasteiger charge is 2.26. The summed E-state index contributed by atoms with van der Waals surface area (Å²) in [7, 11) is 0. The zero-order valence-corrected chi connectivity index (χ0v) is 10.9. The Morgan fingerprint density at radius 3 is 2.53 bits per heavy atom. The molecule has 0 bridgehead atoms. The summed E-state index contributed by atoms with van der Waals surface area (Å²) in [5, 5.41) is 12.9. The molecule has 2 N–H and O–H groups in total. The zero-order chi connectivity index (χ0) is 12.1. The van der Waals surface area contributed by atoms with Crippen molar-refractivity contribution in [2.75, 3.05) is 32.8 Å². The normalized spacial score (nSPS) is 25.1. The van der Waals surface area contributed by atoms with Crippen molar-refractivity contribution >= 4 is 0 Å². The van der Waals surface area contributed by atoms with Crippen LogP contribution in [0.5, 0.6) is 0 Å². The van der Waals surface area contributed by atoms with Crippen LogP contribution in [-0.4, -0.2) is 61.0 Å². The van der Waals surface area contributed by atoms with Gasteiger partial charge in [-0.1, -0.05) is 0 Å². The summed E-state index contributed by atoms with van der Waals surface area (Å²) >= 11 is 0. The van der Waals surface area contributed by atoms with Crippen LogP contribution in [0.2, 0.25) is 0 Å². The molecule has 0 aromatic rings. The average molecular weight is 242 g/mol. The molecule has 2 aliphatic rings. The lowest BCUT2D eigenvalue weighted by molar-refractivity contribution is 0.0109. The fourth-order valence-corrected chi connectivity index (χ4v) is 2.55. The SMILES string of the molecule is CCOC1CCN(CC(CO)NC2CC2)CC1. The Hall–Kier alpha value is -0.160. The molecule has 2 fully saturated rings. The molecule has 1 heterocycles. The summed E-state index contributed by atoms with van der Waals surface area (Å²) < 4.78 is 5.65. The molecule has 4 heteroatoms. The zero-order valence-electron chi connectivity index (χ0n) is 10.9. The summed E-state index contributed by atoms with van der Waals surface area (Å²) in [5.74, 6) is 0. The first-order chi connectivity index (χ1) is 8.31. The van der Waals surface area contributed by atoms with Gasteiger partial charge in [0.1, 0.15) is 0 Å². The Labute approximate surface area is 104 Å². The average Bonchev–Trinajstić information content (AvgIpc) is 3.15. The fraction of sp³-hybridized carbons (Fsp3) is 1.00. The quantitative estimate of drug-likeness (QED) is 0.686. The van der Waals surface area contributed by atoms with Crippen LogP contribution in [0.1, 0.15) is 32.6 Å². The highest BCUT2D eigenvalue weighted by atomic mass is 16.5. The van der Waals surface area contributed by atoms with Crippen molar-refractivity contribution in [1.82, 2.24) is 10.2 Å². The van der Waals surface area contributed by atoms with Gasteiger partial charge in [0.25, 0.3) is 0 Å². The van der Waals surface area contributed by atoms with E-state index in [4.69, 9.17) is 4.74 Å². The van der Waals surface area contributed by atoms with Gasteiger partial charge in [-0.3, -0.25) is 0 Å². The van der Waals surface area contributed by atoms with E-state index in [0.29, 0.717) is 12.1 Å². The number of hydrogen-bond donors (Lipinski definition) is 2. The van der Waals surface area contributed by atoms with Gasteiger partial charge in [0.2, 0.25) is 0 Å². The van der Waals surface area contributed by atoms with Gasteiger partial charge in [-0.05, 0) is 32.6 Å². The van der Waals surface area contributed by atoms with Gasteiger partial charge >= 0.3 is 0 Å². The van der Waals surface area contributed by atoms with Crippen molar-refractivity contribution in [3.8, 4) is 0 Å². The number of piperidine rings is 1. The highest BCUT2D eigenvalue weighted by Crippen LogP contribution is 2.20. The monoisotopic (exact) mass is 242 g/mol. The van der Waals surface area contributed by atoms with E-state index in [-0.39, 0.29) is 12.6 Å². The number of aliphatic hydroxyl groups is 1. The van der Waals surface area contributed by atoms with Crippen LogP contribution in [0.25, 0.3) is 0 Å². The maximum absolute atomic E-state index is 9.36. The number of ether oxygens (including phenoxy) is 1. The third-order valence-corrected chi connectivity index (χ3v) is 3.68. The van der Waals surface area contributed by atoms with Crippen molar-refractivity contribution in [2.24, 2.45) is 0 Å². The number of hydrogen-bond acceptors (Lipinski definition) is 4. The minimum Gasteiger partial charge on any atom is -0.395 e. The molecule has 0 spiro atoms. The summed E-state index contributed by atoms with van der Waals surface area (Å²) in [6.45, 7) is 6.33. The summed E-state index contributed by atoms with van der Waals surface area (Å²) in [4.78, 5) is 2.45. The lowest BCUT2D eigenvalue weighted by Gasteiger charge is -2.34. The molecular weight excluding hydrogens is 216 g/mol. The van der Waals surface area contributed by atoms with Crippen LogP contribution in [-0.2, 0) is 4.74 Å². The van der Waals surface area contributed by atoms with Crippen molar-refractivity contribution in [1.29, 1.82) is 0 Å². The molecule has 0 aromatic heterocycles. The maximum Gasteiger partial charge on any atom is 0.0599 e. The lowest BCUT2D eigenvalue weighted by Crippen LogP contribution is -2.47. The van der Waals surface area contributed by atoms with E-state index in [1.54, 1.807) is 0 Å². The molecule has 1 unspecified atom stereocenters. The van der Waals surface area contributed by atoms with Crippen LogP contribution in [0.4, 0.5) is 0 Å².